The zero-order valence-corrected chi connectivity index (χ0v) is 15.7. The lowest BCUT2D eigenvalue weighted by Crippen LogP contribution is -2.48. The Morgan fingerprint density at radius 2 is 1.83 bits per heavy atom. The van der Waals surface area contributed by atoms with Gasteiger partial charge in [0.25, 0.3) is 5.91 Å². The van der Waals surface area contributed by atoms with Gasteiger partial charge in [0.05, 0.1) is 24.0 Å². The van der Waals surface area contributed by atoms with Crippen molar-refractivity contribution in [3.05, 3.63) is 65.0 Å². The summed E-state index contributed by atoms with van der Waals surface area (Å²) in [5.74, 6) is -4.80. The molecule has 9 heteroatoms. The fourth-order valence-corrected chi connectivity index (χ4v) is 3.52. The number of fused-ring (bicyclic) bond motifs is 1. The number of ether oxygens (including phenoxy) is 2. The van der Waals surface area contributed by atoms with Crippen molar-refractivity contribution in [2.75, 3.05) is 25.2 Å². The minimum absolute atomic E-state index is 0.0400. The Labute approximate surface area is 165 Å². The molecule has 154 valence electrons. The largest absolute Gasteiger partial charge is 0.382 e. The molecule has 0 fully saturated rings. The third-order valence-corrected chi connectivity index (χ3v) is 4.61. The van der Waals surface area contributed by atoms with Gasteiger partial charge in [0, 0.05) is 7.11 Å². The normalized spacial score (nSPS) is 19.3. The van der Waals surface area contributed by atoms with Crippen molar-refractivity contribution in [3.8, 4) is 0 Å². The van der Waals surface area contributed by atoms with Crippen LogP contribution in [0.15, 0.2) is 36.4 Å². The lowest BCUT2D eigenvalue weighted by atomic mass is 9.86. The van der Waals surface area contributed by atoms with Gasteiger partial charge >= 0.3 is 0 Å². The smallest absolute Gasteiger partial charge is 0.269 e. The molecule has 29 heavy (non-hydrogen) atoms. The van der Waals surface area contributed by atoms with E-state index in [1.807, 2.05) is 0 Å². The second-order valence-electron chi connectivity index (χ2n) is 6.68. The quantitative estimate of drug-likeness (QED) is 0.762. The Morgan fingerprint density at radius 3 is 2.41 bits per heavy atom. The number of anilines is 1. The monoisotopic (exact) mass is 408 g/mol. The number of nitrogens with two attached hydrogens (primary N) is 1. The number of hydrogen-bond donors (Lipinski definition) is 1. The van der Waals surface area contributed by atoms with E-state index in [-0.39, 0.29) is 17.9 Å². The number of nitrogens with zero attached hydrogens (tertiary/aromatic N) is 1. The molecular formula is C20H19F3N2O4. The predicted molar refractivity (Wildman–Crippen MR) is 97.5 cm³/mol. The van der Waals surface area contributed by atoms with Crippen molar-refractivity contribution in [2.24, 2.45) is 5.73 Å². The van der Waals surface area contributed by atoms with Crippen LogP contribution in [0.25, 0.3) is 0 Å². The van der Waals surface area contributed by atoms with Gasteiger partial charge in [-0.25, -0.2) is 13.2 Å². The Hall–Kier alpha value is -2.91. The van der Waals surface area contributed by atoms with Gasteiger partial charge in [0.15, 0.2) is 11.6 Å². The summed E-state index contributed by atoms with van der Waals surface area (Å²) in [5, 5.41) is 0. The summed E-state index contributed by atoms with van der Waals surface area (Å²) in [7, 11) is 1.41. The molecular weight excluding hydrogens is 389 g/mol. The van der Waals surface area contributed by atoms with Crippen molar-refractivity contribution < 1.29 is 32.2 Å². The number of rotatable bonds is 7. The summed E-state index contributed by atoms with van der Waals surface area (Å²) in [6, 6.07) is 6.65. The number of amides is 2. The topological polar surface area (TPSA) is 81.9 Å². The van der Waals surface area contributed by atoms with Crippen molar-refractivity contribution in [3.63, 3.8) is 0 Å². The number of halogens is 3. The Morgan fingerprint density at radius 1 is 1.17 bits per heavy atom. The number of primary amides is 1. The second-order valence-corrected chi connectivity index (χ2v) is 6.68. The van der Waals surface area contributed by atoms with Gasteiger partial charge in [-0.05, 0) is 36.8 Å². The Kier molecular flexibility index (Phi) is 5.63. The van der Waals surface area contributed by atoms with Crippen LogP contribution in [-0.2, 0) is 24.7 Å². The van der Waals surface area contributed by atoms with Crippen LogP contribution in [0.5, 0.6) is 0 Å². The lowest BCUT2D eigenvalue weighted by Gasteiger charge is -2.32. The molecule has 0 aliphatic carbocycles. The maximum atomic E-state index is 15.0. The van der Waals surface area contributed by atoms with Gasteiger partial charge in [0.1, 0.15) is 12.4 Å². The summed E-state index contributed by atoms with van der Waals surface area (Å²) < 4.78 is 53.7. The molecule has 0 spiro atoms. The van der Waals surface area contributed by atoms with Crippen LogP contribution in [0.4, 0.5) is 18.9 Å². The van der Waals surface area contributed by atoms with Gasteiger partial charge in [-0.1, -0.05) is 12.1 Å². The molecule has 2 aromatic rings. The SMILES string of the molecule is COC[C@H](C)O[C@]1(c2ccc(F)cc2)C(=O)N(CC(N)=O)c2ccc(F)c(F)c21. The van der Waals surface area contributed by atoms with Crippen molar-refractivity contribution in [1.82, 2.24) is 0 Å². The van der Waals surface area contributed by atoms with E-state index < -0.39 is 53.1 Å². The number of carbonyl (C=O) groups excluding carboxylic acids is 2. The van der Waals surface area contributed by atoms with E-state index in [0.717, 1.165) is 23.1 Å². The average Bonchev–Trinajstić information content (AvgIpc) is 2.88. The molecule has 3 rings (SSSR count). The molecule has 2 aromatic carbocycles. The Bertz CT molecular complexity index is 951. The van der Waals surface area contributed by atoms with Gasteiger partial charge < -0.3 is 15.2 Å². The summed E-state index contributed by atoms with van der Waals surface area (Å²) in [4.78, 5) is 25.9. The number of methoxy groups -OCH3 is 1. The number of carbonyl (C=O) groups is 2. The minimum atomic E-state index is -2.15. The second kappa shape index (κ2) is 7.84. The van der Waals surface area contributed by atoms with Crippen LogP contribution < -0.4 is 10.6 Å². The van der Waals surface area contributed by atoms with Crippen molar-refractivity contribution in [1.29, 1.82) is 0 Å². The molecule has 6 nitrogen and oxygen atoms in total. The standard InChI is InChI=1S/C20H19F3N2O4/c1-11(10-28-2)29-20(12-3-5-13(21)6-4-12)17-15(8-7-14(22)18(17)23)25(19(20)27)9-16(24)26/h3-8,11H,9-10H2,1-2H3,(H2,24,26)/t11-,20-/m0/s1. The summed E-state index contributed by atoms with van der Waals surface area (Å²) in [6.45, 7) is 1.05. The van der Waals surface area contributed by atoms with E-state index in [9.17, 15) is 18.4 Å². The highest BCUT2D eigenvalue weighted by Crippen LogP contribution is 2.49. The van der Waals surface area contributed by atoms with E-state index in [1.54, 1.807) is 6.92 Å². The maximum Gasteiger partial charge on any atom is 0.269 e. The van der Waals surface area contributed by atoms with Crippen LogP contribution in [0, 0.1) is 17.5 Å². The third kappa shape index (κ3) is 3.47. The first-order valence-electron chi connectivity index (χ1n) is 8.74. The highest BCUT2D eigenvalue weighted by Gasteiger charge is 2.56. The summed E-state index contributed by atoms with van der Waals surface area (Å²) in [6.07, 6.45) is -0.738. The molecule has 0 saturated carbocycles. The van der Waals surface area contributed by atoms with Crippen molar-refractivity contribution >= 4 is 17.5 Å². The Balaban J connectivity index is 2.31. The molecule has 0 radical (unpaired) electrons. The first-order valence-corrected chi connectivity index (χ1v) is 8.74. The molecule has 0 aromatic heterocycles. The maximum absolute atomic E-state index is 15.0. The zero-order chi connectivity index (χ0) is 21.3. The fourth-order valence-electron chi connectivity index (χ4n) is 3.52. The molecule has 0 saturated heterocycles. The van der Waals surface area contributed by atoms with Crippen LogP contribution in [0.1, 0.15) is 18.1 Å². The summed E-state index contributed by atoms with van der Waals surface area (Å²) in [5.41, 5.74) is 2.71. The highest BCUT2D eigenvalue weighted by atomic mass is 19.2. The van der Waals surface area contributed by atoms with Gasteiger partial charge in [-0.3, -0.25) is 14.5 Å². The van der Waals surface area contributed by atoms with Crippen LogP contribution in [0.3, 0.4) is 0 Å². The first kappa shape index (κ1) is 20.8. The molecule has 1 aliphatic rings. The van der Waals surface area contributed by atoms with E-state index in [2.05, 4.69) is 0 Å². The van der Waals surface area contributed by atoms with Crippen LogP contribution >= 0.6 is 0 Å². The van der Waals surface area contributed by atoms with Gasteiger partial charge in [-0.2, -0.15) is 0 Å². The van der Waals surface area contributed by atoms with Gasteiger partial charge in [-0.15, -0.1) is 0 Å². The highest BCUT2D eigenvalue weighted by molar-refractivity contribution is 6.11. The first-order chi connectivity index (χ1) is 13.7. The predicted octanol–water partition coefficient (Wildman–Crippen LogP) is 2.23. The van der Waals surface area contributed by atoms with E-state index >= 15 is 4.39 Å². The summed E-state index contributed by atoms with van der Waals surface area (Å²) >= 11 is 0. The van der Waals surface area contributed by atoms with E-state index in [4.69, 9.17) is 15.2 Å². The number of benzene rings is 2. The third-order valence-electron chi connectivity index (χ3n) is 4.61. The van der Waals surface area contributed by atoms with Crippen LogP contribution in [-0.4, -0.2) is 38.2 Å². The van der Waals surface area contributed by atoms with E-state index in [1.165, 1.54) is 25.3 Å². The zero-order valence-electron chi connectivity index (χ0n) is 15.7. The molecule has 1 heterocycles. The average molecular weight is 408 g/mol. The molecule has 1 aliphatic heterocycles. The van der Waals surface area contributed by atoms with Crippen molar-refractivity contribution in [2.45, 2.75) is 18.6 Å². The molecule has 0 bridgehead atoms. The van der Waals surface area contributed by atoms with E-state index in [0.29, 0.717) is 0 Å². The minimum Gasteiger partial charge on any atom is -0.382 e. The van der Waals surface area contributed by atoms with Crippen LogP contribution in [0.2, 0.25) is 0 Å². The van der Waals surface area contributed by atoms with Gasteiger partial charge in [0.2, 0.25) is 11.5 Å². The molecule has 2 amide bonds. The lowest BCUT2D eigenvalue weighted by molar-refractivity contribution is -0.148. The molecule has 2 atom stereocenters. The molecule has 0 unspecified atom stereocenters. The molecule has 2 N–H and O–H groups in total. The fraction of sp³-hybridized carbons (Fsp3) is 0.300. The number of hydrogen-bond acceptors (Lipinski definition) is 4.